The number of benzene rings is 1. The Kier molecular flexibility index (Phi) is 4.66. The number of aliphatic hydroxyl groups is 1. The minimum Gasteiger partial charge on any atom is -0.398 e. The molecule has 0 unspecified atom stereocenters. The monoisotopic (exact) mass is 236 g/mol. The Hall–Kier alpha value is -1.88. The number of carbonyl (C=O) groups is 1. The van der Waals surface area contributed by atoms with E-state index in [-0.39, 0.29) is 18.2 Å². The van der Waals surface area contributed by atoms with Gasteiger partial charge in [0, 0.05) is 19.7 Å². The van der Waals surface area contributed by atoms with Crippen molar-refractivity contribution in [2.75, 3.05) is 21.2 Å². The van der Waals surface area contributed by atoms with Crippen molar-refractivity contribution in [1.29, 1.82) is 0 Å². The van der Waals surface area contributed by atoms with E-state index in [9.17, 15) is 9.90 Å². The SMILES string of the molecule is CO/N=C(\C(=O)N(C)C)c1ccccc1CO. The fourth-order valence-electron chi connectivity index (χ4n) is 1.40. The van der Waals surface area contributed by atoms with Gasteiger partial charge in [0.05, 0.1) is 6.61 Å². The van der Waals surface area contributed by atoms with Crippen LogP contribution in [0.5, 0.6) is 0 Å². The maximum Gasteiger partial charge on any atom is 0.276 e. The van der Waals surface area contributed by atoms with Gasteiger partial charge < -0.3 is 14.8 Å². The lowest BCUT2D eigenvalue weighted by Gasteiger charge is -2.14. The number of hydrogen-bond donors (Lipinski definition) is 1. The Labute approximate surface area is 100 Å². The number of aliphatic hydroxyl groups excluding tert-OH is 1. The van der Waals surface area contributed by atoms with Crippen molar-refractivity contribution in [3.8, 4) is 0 Å². The van der Waals surface area contributed by atoms with Gasteiger partial charge in [-0.1, -0.05) is 29.4 Å². The van der Waals surface area contributed by atoms with Crippen molar-refractivity contribution in [2.45, 2.75) is 6.61 Å². The lowest BCUT2D eigenvalue weighted by atomic mass is 10.0. The zero-order valence-corrected chi connectivity index (χ0v) is 10.2. The van der Waals surface area contributed by atoms with Crippen LogP contribution in [0.2, 0.25) is 0 Å². The van der Waals surface area contributed by atoms with E-state index >= 15 is 0 Å². The van der Waals surface area contributed by atoms with E-state index < -0.39 is 0 Å². The van der Waals surface area contributed by atoms with Gasteiger partial charge in [-0.3, -0.25) is 4.79 Å². The molecule has 0 fully saturated rings. The van der Waals surface area contributed by atoms with Crippen LogP contribution in [0, 0.1) is 0 Å². The molecule has 0 spiro atoms. The van der Waals surface area contributed by atoms with E-state index in [0.717, 1.165) is 0 Å². The minimum absolute atomic E-state index is 0.153. The summed E-state index contributed by atoms with van der Waals surface area (Å²) >= 11 is 0. The first-order valence-corrected chi connectivity index (χ1v) is 5.13. The molecule has 1 aromatic rings. The Morgan fingerprint density at radius 3 is 2.59 bits per heavy atom. The van der Waals surface area contributed by atoms with Gasteiger partial charge >= 0.3 is 0 Å². The average Bonchev–Trinajstić information content (AvgIpc) is 2.35. The third-order valence-electron chi connectivity index (χ3n) is 2.23. The summed E-state index contributed by atoms with van der Waals surface area (Å²) in [6, 6.07) is 7.04. The minimum atomic E-state index is -0.271. The molecule has 0 aliphatic heterocycles. The maximum atomic E-state index is 11.9. The molecule has 5 heteroatoms. The molecule has 1 amide bonds. The molecular weight excluding hydrogens is 220 g/mol. The van der Waals surface area contributed by atoms with Crippen LogP contribution in [0.15, 0.2) is 29.4 Å². The molecule has 0 aliphatic rings. The van der Waals surface area contributed by atoms with Gasteiger partial charge in [-0.2, -0.15) is 0 Å². The molecule has 5 nitrogen and oxygen atoms in total. The normalized spacial score (nSPS) is 11.2. The first-order valence-electron chi connectivity index (χ1n) is 5.13. The van der Waals surface area contributed by atoms with Gasteiger partial charge in [-0.05, 0) is 5.56 Å². The van der Waals surface area contributed by atoms with E-state index in [2.05, 4.69) is 9.99 Å². The molecule has 1 rings (SSSR count). The summed E-state index contributed by atoms with van der Waals surface area (Å²) in [7, 11) is 4.65. The Morgan fingerprint density at radius 1 is 1.41 bits per heavy atom. The highest BCUT2D eigenvalue weighted by Gasteiger charge is 2.19. The van der Waals surface area contributed by atoms with Gasteiger partial charge in [-0.15, -0.1) is 0 Å². The zero-order valence-electron chi connectivity index (χ0n) is 10.2. The average molecular weight is 236 g/mol. The van der Waals surface area contributed by atoms with Crippen LogP contribution in [0.1, 0.15) is 11.1 Å². The highest BCUT2D eigenvalue weighted by molar-refractivity contribution is 6.45. The number of likely N-dealkylation sites (N-methyl/N-ethyl adjacent to an activating group) is 1. The quantitative estimate of drug-likeness (QED) is 0.615. The summed E-state index contributed by atoms with van der Waals surface area (Å²) in [6.45, 7) is -0.153. The summed E-state index contributed by atoms with van der Waals surface area (Å²) in [5.74, 6) is -0.271. The number of amides is 1. The lowest BCUT2D eigenvalue weighted by Crippen LogP contribution is -2.31. The predicted octanol–water partition coefficient (Wildman–Crippen LogP) is 0.618. The standard InChI is InChI=1S/C12H16N2O3/c1-14(2)12(16)11(13-17-3)10-7-5-4-6-9(10)8-15/h4-7,15H,8H2,1-3H3/b13-11-. The van der Waals surface area contributed by atoms with Gasteiger partial charge in [0.1, 0.15) is 7.11 Å². The van der Waals surface area contributed by atoms with Crippen molar-refractivity contribution < 1.29 is 14.7 Å². The summed E-state index contributed by atoms with van der Waals surface area (Å²) in [5, 5.41) is 13.0. The summed E-state index contributed by atoms with van der Waals surface area (Å²) in [4.78, 5) is 18.0. The molecule has 1 aromatic carbocycles. The second kappa shape index (κ2) is 6.00. The predicted molar refractivity (Wildman–Crippen MR) is 64.6 cm³/mol. The number of oxime groups is 1. The second-order valence-electron chi connectivity index (χ2n) is 3.64. The van der Waals surface area contributed by atoms with Gasteiger partial charge in [0.25, 0.3) is 5.91 Å². The van der Waals surface area contributed by atoms with Crippen LogP contribution < -0.4 is 0 Å². The molecule has 92 valence electrons. The van der Waals surface area contributed by atoms with Crippen molar-refractivity contribution in [3.05, 3.63) is 35.4 Å². The van der Waals surface area contributed by atoms with Crippen LogP contribution in [0.3, 0.4) is 0 Å². The maximum absolute atomic E-state index is 11.9. The van der Waals surface area contributed by atoms with E-state index in [1.54, 1.807) is 38.4 Å². The van der Waals surface area contributed by atoms with Crippen molar-refractivity contribution in [1.82, 2.24) is 4.90 Å². The molecule has 0 aromatic heterocycles. The Balaban J connectivity index is 3.24. The fourth-order valence-corrected chi connectivity index (χ4v) is 1.40. The third-order valence-corrected chi connectivity index (χ3v) is 2.23. The van der Waals surface area contributed by atoms with Gasteiger partial charge in [0.2, 0.25) is 0 Å². The molecule has 0 atom stereocenters. The molecule has 0 heterocycles. The third kappa shape index (κ3) is 3.04. The molecule has 0 aliphatic carbocycles. The largest absolute Gasteiger partial charge is 0.398 e. The second-order valence-corrected chi connectivity index (χ2v) is 3.64. The first-order chi connectivity index (χ1) is 8.11. The Morgan fingerprint density at radius 2 is 2.06 bits per heavy atom. The summed E-state index contributed by atoms with van der Waals surface area (Å²) in [6.07, 6.45) is 0. The van der Waals surface area contributed by atoms with Crippen LogP contribution in [0.25, 0.3) is 0 Å². The summed E-state index contributed by atoms with van der Waals surface area (Å²) in [5.41, 5.74) is 1.40. The van der Waals surface area contributed by atoms with Gasteiger partial charge in [-0.25, -0.2) is 0 Å². The number of nitrogens with zero attached hydrogens (tertiary/aromatic N) is 2. The van der Waals surface area contributed by atoms with Crippen LogP contribution in [0.4, 0.5) is 0 Å². The molecule has 0 radical (unpaired) electrons. The molecule has 0 bridgehead atoms. The van der Waals surface area contributed by atoms with E-state index in [1.165, 1.54) is 12.0 Å². The van der Waals surface area contributed by atoms with E-state index in [0.29, 0.717) is 11.1 Å². The fraction of sp³-hybridized carbons (Fsp3) is 0.333. The topological polar surface area (TPSA) is 62.1 Å². The van der Waals surface area contributed by atoms with Crippen LogP contribution in [-0.4, -0.2) is 42.8 Å². The molecule has 17 heavy (non-hydrogen) atoms. The van der Waals surface area contributed by atoms with Crippen molar-refractivity contribution >= 4 is 11.6 Å². The Bertz CT molecular complexity index is 428. The zero-order chi connectivity index (χ0) is 12.8. The summed E-state index contributed by atoms with van der Waals surface area (Å²) < 4.78 is 0. The molecule has 0 saturated heterocycles. The highest BCUT2D eigenvalue weighted by atomic mass is 16.6. The smallest absolute Gasteiger partial charge is 0.276 e. The van der Waals surface area contributed by atoms with Crippen LogP contribution in [-0.2, 0) is 16.2 Å². The number of carbonyl (C=O) groups excluding carboxylic acids is 1. The lowest BCUT2D eigenvalue weighted by molar-refractivity contribution is -0.121. The number of rotatable bonds is 4. The molecular formula is C12H16N2O3. The molecule has 1 N–H and O–H groups in total. The van der Waals surface area contributed by atoms with E-state index in [4.69, 9.17) is 0 Å². The highest BCUT2D eigenvalue weighted by Crippen LogP contribution is 2.11. The first kappa shape index (κ1) is 13.2. The van der Waals surface area contributed by atoms with Gasteiger partial charge in [0.15, 0.2) is 5.71 Å². The van der Waals surface area contributed by atoms with E-state index in [1.807, 2.05) is 0 Å². The molecule has 0 saturated carbocycles. The van der Waals surface area contributed by atoms with Crippen molar-refractivity contribution in [3.63, 3.8) is 0 Å². The van der Waals surface area contributed by atoms with Crippen molar-refractivity contribution in [2.24, 2.45) is 5.16 Å². The van der Waals surface area contributed by atoms with Crippen LogP contribution >= 0.6 is 0 Å². The number of hydrogen-bond acceptors (Lipinski definition) is 4.